The molecule has 0 saturated carbocycles. The zero-order chi connectivity index (χ0) is 40.2. The second-order valence-corrected chi connectivity index (χ2v) is 15.6. The standard InChI is InChI=1S/C58H40N2/c1-3-4-5-30-53-37(2)34-52-57(60-54-31-13-12-27-50(54)58(52)59-53)42-22-14-21-40(35-42)41-32-33-49-51(36-41)56(46-29-16-20-39-18-7-9-24-44(39)46)48-26-11-10-25-47(48)55(49)45-28-15-19-38-17-6-8-23-43(38)45/h3-36H,1-2H3/b4-3-,30-5-. The third-order valence-electron chi connectivity index (χ3n) is 12.1. The number of allylic oxidation sites excluding steroid dienone is 3. The number of rotatable bonds is 6. The van der Waals surface area contributed by atoms with E-state index in [2.05, 4.69) is 201 Å². The molecule has 0 N–H and O–H groups in total. The zero-order valence-electron chi connectivity index (χ0n) is 33.5. The number of aryl methyl sites for hydroxylation is 1. The molecule has 2 heteroatoms. The Morgan fingerprint density at radius 2 is 0.950 bits per heavy atom. The Morgan fingerprint density at radius 1 is 0.400 bits per heavy atom. The van der Waals surface area contributed by atoms with Gasteiger partial charge in [-0.3, -0.25) is 0 Å². The Labute approximate surface area is 349 Å². The van der Waals surface area contributed by atoms with Gasteiger partial charge in [0.05, 0.1) is 22.4 Å². The predicted octanol–water partition coefficient (Wildman–Crippen LogP) is 16.0. The van der Waals surface area contributed by atoms with Crippen LogP contribution in [0, 0.1) is 6.92 Å². The van der Waals surface area contributed by atoms with Gasteiger partial charge in [-0.25, -0.2) is 9.97 Å². The summed E-state index contributed by atoms with van der Waals surface area (Å²) in [4.78, 5) is 10.6. The summed E-state index contributed by atoms with van der Waals surface area (Å²) in [6.07, 6.45) is 8.21. The first-order valence-corrected chi connectivity index (χ1v) is 20.7. The van der Waals surface area contributed by atoms with Crippen molar-refractivity contribution in [1.29, 1.82) is 0 Å². The van der Waals surface area contributed by atoms with E-state index in [1.807, 2.05) is 19.1 Å². The van der Waals surface area contributed by atoms with Gasteiger partial charge in [0, 0.05) is 16.3 Å². The number of hydrogen-bond donors (Lipinski definition) is 0. The van der Waals surface area contributed by atoms with Crippen molar-refractivity contribution in [2.45, 2.75) is 13.8 Å². The van der Waals surface area contributed by atoms with Crippen LogP contribution in [0.15, 0.2) is 200 Å². The Bertz CT molecular complexity index is 3560. The van der Waals surface area contributed by atoms with Crippen LogP contribution in [0.25, 0.3) is 116 Å². The molecule has 0 atom stereocenters. The molecule has 0 radical (unpaired) electrons. The highest BCUT2D eigenvalue weighted by Gasteiger charge is 2.21. The molecule has 0 aliphatic carbocycles. The molecule has 0 aliphatic heterocycles. The summed E-state index contributed by atoms with van der Waals surface area (Å²) in [5.41, 5.74) is 13.3. The smallest absolute Gasteiger partial charge is 0.0825 e. The molecule has 282 valence electrons. The fraction of sp³-hybridized carbons (Fsp3) is 0.0345. The van der Waals surface area contributed by atoms with Gasteiger partial charge in [0.1, 0.15) is 0 Å². The van der Waals surface area contributed by atoms with Crippen LogP contribution in [0.3, 0.4) is 0 Å². The van der Waals surface area contributed by atoms with E-state index in [9.17, 15) is 0 Å². The van der Waals surface area contributed by atoms with Crippen LogP contribution < -0.4 is 0 Å². The van der Waals surface area contributed by atoms with Gasteiger partial charge in [-0.05, 0) is 126 Å². The van der Waals surface area contributed by atoms with Crippen LogP contribution in [0.2, 0.25) is 0 Å². The fourth-order valence-corrected chi connectivity index (χ4v) is 9.28. The molecule has 0 bridgehead atoms. The van der Waals surface area contributed by atoms with Crippen molar-refractivity contribution >= 4 is 71.0 Å². The molecule has 0 fully saturated rings. The first kappa shape index (κ1) is 35.5. The van der Waals surface area contributed by atoms with E-state index in [0.29, 0.717) is 0 Å². The lowest BCUT2D eigenvalue weighted by atomic mass is 9.83. The molecule has 2 heterocycles. The SMILES string of the molecule is C/C=C\C=C/c1nc2c(cc1C)c(-c1cccc(-c3ccc4c(-c5cccc6ccccc56)c5ccccc5c(-c5cccc6ccccc56)c4c3)c1)nc1ccccc12. The van der Waals surface area contributed by atoms with E-state index in [1.165, 1.54) is 65.3 Å². The van der Waals surface area contributed by atoms with Crippen molar-refractivity contribution in [2.75, 3.05) is 0 Å². The number of nitrogens with zero attached hydrogens (tertiary/aromatic N) is 2. The van der Waals surface area contributed by atoms with Gasteiger partial charge in [0.25, 0.3) is 0 Å². The van der Waals surface area contributed by atoms with Crippen LogP contribution in [-0.4, -0.2) is 9.97 Å². The van der Waals surface area contributed by atoms with Gasteiger partial charge in [-0.2, -0.15) is 0 Å². The number of hydrogen-bond acceptors (Lipinski definition) is 2. The van der Waals surface area contributed by atoms with Crippen LogP contribution in [0.4, 0.5) is 0 Å². The van der Waals surface area contributed by atoms with Crippen molar-refractivity contribution < 1.29 is 0 Å². The Hall–Kier alpha value is -7.68. The summed E-state index contributed by atoms with van der Waals surface area (Å²) in [5, 5.41) is 12.0. The minimum absolute atomic E-state index is 0.934. The van der Waals surface area contributed by atoms with Gasteiger partial charge in [0.2, 0.25) is 0 Å². The van der Waals surface area contributed by atoms with Crippen molar-refractivity contribution in [3.8, 4) is 44.6 Å². The quantitative estimate of drug-likeness (QED) is 0.0957. The molecule has 0 saturated heterocycles. The van der Waals surface area contributed by atoms with Crippen molar-refractivity contribution in [3.05, 3.63) is 211 Å². The molecule has 11 rings (SSSR count). The molecule has 9 aromatic carbocycles. The van der Waals surface area contributed by atoms with Crippen molar-refractivity contribution in [3.63, 3.8) is 0 Å². The van der Waals surface area contributed by atoms with E-state index >= 15 is 0 Å². The minimum Gasteiger partial charge on any atom is -0.247 e. The second kappa shape index (κ2) is 14.6. The number of fused-ring (bicyclic) bond motifs is 7. The summed E-state index contributed by atoms with van der Waals surface area (Å²) >= 11 is 0. The summed E-state index contributed by atoms with van der Waals surface area (Å²) in [7, 11) is 0. The van der Waals surface area contributed by atoms with Crippen LogP contribution in [0.1, 0.15) is 18.2 Å². The molecular formula is C58H40N2. The topological polar surface area (TPSA) is 25.8 Å². The summed E-state index contributed by atoms with van der Waals surface area (Å²) < 4.78 is 0. The maximum absolute atomic E-state index is 5.32. The maximum atomic E-state index is 5.32. The van der Waals surface area contributed by atoms with Crippen LogP contribution in [0.5, 0.6) is 0 Å². The summed E-state index contributed by atoms with van der Waals surface area (Å²) in [6.45, 7) is 4.16. The Kier molecular flexibility index (Phi) is 8.64. The number of aromatic nitrogens is 2. The molecular weight excluding hydrogens is 725 g/mol. The van der Waals surface area contributed by atoms with Crippen molar-refractivity contribution in [2.24, 2.45) is 0 Å². The van der Waals surface area contributed by atoms with E-state index in [1.54, 1.807) is 0 Å². The third kappa shape index (κ3) is 5.88. The molecule has 11 aromatic rings. The maximum Gasteiger partial charge on any atom is 0.0825 e. The highest BCUT2D eigenvalue weighted by molar-refractivity contribution is 6.25. The van der Waals surface area contributed by atoms with E-state index in [0.717, 1.165) is 55.4 Å². The molecule has 0 spiro atoms. The van der Waals surface area contributed by atoms with Crippen molar-refractivity contribution in [1.82, 2.24) is 9.97 Å². The Morgan fingerprint density at radius 3 is 1.65 bits per heavy atom. The van der Waals surface area contributed by atoms with E-state index in [-0.39, 0.29) is 0 Å². The zero-order valence-corrected chi connectivity index (χ0v) is 33.5. The first-order chi connectivity index (χ1) is 29.6. The molecule has 60 heavy (non-hydrogen) atoms. The van der Waals surface area contributed by atoms with Gasteiger partial charge in [0.15, 0.2) is 0 Å². The molecule has 0 unspecified atom stereocenters. The predicted molar refractivity (Wildman–Crippen MR) is 257 cm³/mol. The average molecular weight is 765 g/mol. The highest BCUT2D eigenvalue weighted by Crippen LogP contribution is 2.48. The van der Waals surface area contributed by atoms with Gasteiger partial charge < -0.3 is 0 Å². The van der Waals surface area contributed by atoms with Gasteiger partial charge in [-0.15, -0.1) is 0 Å². The first-order valence-electron chi connectivity index (χ1n) is 20.7. The van der Waals surface area contributed by atoms with E-state index in [4.69, 9.17) is 9.97 Å². The minimum atomic E-state index is 0.934. The lowest BCUT2D eigenvalue weighted by Crippen LogP contribution is -1.96. The molecule has 0 amide bonds. The number of benzene rings is 9. The Balaban J connectivity index is 1.18. The van der Waals surface area contributed by atoms with Gasteiger partial charge >= 0.3 is 0 Å². The lowest BCUT2D eigenvalue weighted by Gasteiger charge is -2.20. The summed E-state index contributed by atoms with van der Waals surface area (Å²) in [6, 6.07) is 66.5. The largest absolute Gasteiger partial charge is 0.247 e. The van der Waals surface area contributed by atoms with E-state index < -0.39 is 0 Å². The number of para-hydroxylation sites is 1. The fourth-order valence-electron chi connectivity index (χ4n) is 9.28. The monoisotopic (exact) mass is 764 g/mol. The molecule has 2 aromatic heterocycles. The number of pyridine rings is 2. The third-order valence-corrected chi connectivity index (χ3v) is 12.1. The highest BCUT2D eigenvalue weighted by atomic mass is 14.8. The normalized spacial score (nSPS) is 12.0. The van der Waals surface area contributed by atoms with Crippen LogP contribution in [-0.2, 0) is 0 Å². The molecule has 0 aliphatic rings. The summed E-state index contributed by atoms with van der Waals surface area (Å²) in [5.74, 6) is 0. The lowest BCUT2D eigenvalue weighted by molar-refractivity contribution is 1.29. The second-order valence-electron chi connectivity index (χ2n) is 15.6. The van der Waals surface area contributed by atoms with Crippen LogP contribution >= 0.6 is 0 Å². The molecule has 2 nitrogen and oxygen atoms in total. The average Bonchev–Trinajstić information content (AvgIpc) is 3.30. The van der Waals surface area contributed by atoms with Gasteiger partial charge in [-0.1, -0.05) is 176 Å².